The zero-order valence-electron chi connectivity index (χ0n) is 18.4. The molecule has 0 bridgehead atoms. The molecule has 0 radical (unpaired) electrons. The van der Waals surface area contributed by atoms with E-state index in [4.69, 9.17) is 0 Å². The van der Waals surface area contributed by atoms with E-state index in [0.29, 0.717) is 18.7 Å². The topological polar surface area (TPSA) is 107 Å². The van der Waals surface area contributed by atoms with Gasteiger partial charge in [-0.05, 0) is 49.1 Å². The van der Waals surface area contributed by atoms with Crippen LogP contribution in [-0.2, 0) is 17.8 Å². The molecule has 1 aromatic carbocycles. The zero-order chi connectivity index (χ0) is 22.8. The minimum atomic E-state index is -0.290. The molecule has 33 heavy (non-hydrogen) atoms. The smallest absolute Gasteiger partial charge is 0.261 e. The summed E-state index contributed by atoms with van der Waals surface area (Å²) < 4.78 is 0. The van der Waals surface area contributed by atoms with Crippen LogP contribution in [0.1, 0.15) is 62.6 Å². The van der Waals surface area contributed by atoms with E-state index in [-0.39, 0.29) is 30.3 Å². The molecule has 0 spiro atoms. The number of nitrogens with one attached hydrogen (secondary N) is 3. The van der Waals surface area contributed by atoms with Gasteiger partial charge in [-0.15, -0.1) is 11.3 Å². The third-order valence-corrected chi connectivity index (χ3v) is 7.72. The normalized spacial score (nSPS) is 16.4. The number of carbonyl (C=O) groups excluding carboxylic acids is 3. The third-order valence-electron chi connectivity index (χ3n) is 6.49. The average Bonchev–Trinajstić information content (AvgIpc) is 3.48. The molecule has 3 aromatic rings. The largest absolute Gasteiger partial charge is 0.349 e. The Balaban J connectivity index is 1.16. The highest BCUT2D eigenvalue weighted by Gasteiger charge is 2.25. The number of rotatable bonds is 5. The molecular formula is C24H27N5O3S. The summed E-state index contributed by atoms with van der Waals surface area (Å²) in [6.07, 6.45) is 8.11. The SMILES string of the molecule is O=C(NCC(=O)N1CCc2sc(C(=O)NC3CCCCC3)cc2C1)c1ccc2[nH]ncc2c1. The Hall–Kier alpha value is -3.20. The van der Waals surface area contributed by atoms with E-state index < -0.39 is 0 Å². The van der Waals surface area contributed by atoms with Crippen LogP contribution in [0.4, 0.5) is 0 Å². The molecule has 172 valence electrons. The van der Waals surface area contributed by atoms with Crippen LogP contribution in [0.5, 0.6) is 0 Å². The molecule has 3 N–H and O–H groups in total. The number of H-pyrrole nitrogens is 1. The van der Waals surface area contributed by atoms with Gasteiger partial charge in [0.2, 0.25) is 5.91 Å². The fourth-order valence-electron chi connectivity index (χ4n) is 4.62. The van der Waals surface area contributed by atoms with E-state index in [1.165, 1.54) is 35.5 Å². The lowest BCUT2D eigenvalue weighted by molar-refractivity contribution is -0.131. The van der Waals surface area contributed by atoms with Crippen molar-refractivity contribution in [1.82, 2.24) is 25.7 Å². The number of carbonyl (C=O) groups is 3. The summed E-state index contributed by atoms with van der Waals surface area (Å²) in [5, 5.41) is 13.5. The van der Waals surface area contributed by atoms with Crippen molar-refractivity contribution in [3.05, 3.63) is 51.3 Å². The molecule has 1 saturated carbocycles. The third kappa shape index (κ3) is 4.78. The van der Waals surface area contributed by atoms with Gasteiger partial charge in [-0.2, -0.15) is 5.10 Å². The number of aromatic amines is 1. The Labute approximate surface area is 195 Å². The van der Waals surface area contributed by atoms with Crippen molar-refractivity contribution >= 4 is 40.0 Å². The molecule has 8 nitrogen and oxygen atoms in total. The van der Waals surface area contributed by atoms with Crippen molar-refractivity contribution in [2.75, 3.05) is 13.1 Å². The number of benzene rings is 1. The van der Waals surface area contributed by atoms with Crippen LogP contribution in [-0.4, -0.2) is 52.0 Å². The fraction of sp³-hybridized carbons (Fsp3) is 0.417. The minimum Gasteiger partial charge on any atom is -0.349 e. The van der Waals surface area contributed by atoms with Gasteiger partial charge in [0.1, 0.15) is 0 Å². The van der Waals surface area contributed by atoms with Gasteiger partial charge < -0.3 is 15.5 Å². The highest BCUT2D eigenvalue weighted by Crippen LogP contribution is 2.29. The maximum Gasteiger partial charge on any atom is 0.261 e. The van der Waals surface area contributed by atoms with Crippen molar-refractivity contribution in [2.24, 2.45) is 0 Å². The highest BCUT2D eigenvalue weighted by atomic mass is 32.1. The number of hydrogen-bond donors (Lipinski definition) is 3. The first-order valence-corrected chi connectivity index (χ1v) is 12.3. The Morgan fingerprint density at radius 3 is 2.82 bits per heavy atom. The van der Waals surface area contributed by atoms with Gasteiger partial charge in [0.25, 0.3) is 11.8 Å². The molecule has 1 aliphatic carbocycles. The van der Waals surface area contributed by atoms with Gasteiger partial charge in [-0.1, -0.05) is 19.3 Å². The standard InChI is InChI=1S/C24H27N5O3S/c30-22(13-25-23(31)15-6-7-19-16(10-15)12-26-28-19)29-9-8-20-17(14-29)11-21(33-20)24(32)27-18-4-2-1-3-5-18/h6-7,10-12,18H,1-5,8-9,13-14H2,(H,25,31)(H,26,28)(H,27,32). The molecule has 9 heteroatoms. The molecule has 2 aliphatic rings. The maximum atomic E-state index is 12.7. The van der Waals surface area contributed by atoms with Gasteiger partial charge in [-0.3, -0.25) is 19.5 Å². The average molecular weight is 466 g/mol. The summed E-state index contributed by atoms with van der Waals surface area (Å²) in [5.41, 5.74) is 2.38. The Bertz CT molecular complexity index is 1190. The quantitative estimate of drug-likeness (QED) is 0.538. The van der Waals surface area contributed by atoms with Crippen molar-refractivity contribution in [1.29, 1.82) is 0 Å². The van der Waals surface area contributed by atoms with Gasteiger partial charge in [0, 0.05) is 35.0 Å². The lowest BCUT2D eigenvalue weighted by Crippen LogP contribution is -2.42. The highest BCUT2D eigenvalue weighted by molar-refractivity contribution is 7.14. The second kappa shape index (κ2) is 9.35. The van der Waals surface area contributed by atoms with Crippen LogP contribution in [0, 0.1) is 0 Å². The van der Waals surface area contributed by atoms with E-state index in [1.54, 1.807) is 29.3 Å². The van der Waals surface area contributed by atoms with Crippen molar-refractivity contribution in [3.63, 3.8) is 0 Å². The number of aromatic nitrogens is 2. The van der Waals surface area contributed by atoms with E-state index in [9.17, 15) is 14.4 Å². The summed E-state index contributed by atoms with van der Waals surface area (Å²) >= 11 is 1.54. The van der Waals surface area contributed by atoms with Crippen molar-refractivity contribution in [3.8, 4) is 0 Å². The first kappa shape index (κ1) is 21.6. The molecule has 3 heterocycles. The van der Waals surface area contributed by atoms with E-state index in [0.717, 1.165) is 40.6 Å². The van der Waals surface area contributed by atoms with Crippen LogP contribution in [0.2, 0.25) is 0 Å². The lowest BCUT2D eigenvalue weighted by Gasteiger charge is -2.27. The van der Waals surface area contributed by atoms with Crippen LogP contribution in [0.3, 0.4) is 0 Å². The Morgan fingerprint density at radius 2 is 1.97 bits per heavy atom. The molecule has 1 fully saturated rings. The molecule has 0 unspecified atom stereocenters. The van der Waals surface area contributed by atoms with Crippen LogP contribution < -0.4 is 10.6 Å². The number of fused-ring (bicyclic) bond motifs is 2. The number of nitrogens with zero attached hydrogens (tertiary/aromatic N) is 2. The summed E-state index contributed by atoms with van der Waals surface area (Å²) in [6.45, 7) is 1.00. The maximum absolute atomic E-state index is 12.7. The van der Waals surface area contributed by atoms with Crippen LogP contribution in [0.15, 0.2) is 30.5 Å². The molecule has 5 rings (SSSR count). The van der Waals surface area contributed by atoms with E-state index in [2.05, 4.69) is 20.8 Å². The second-order valence-corrected chi connectivity index (χ2v) is 9.92. The summed E-state index contributed by atoms with van der Waals surface area (Å²) in [7, 11) is 0. The monoisotopic (exact) mass is 465 g/mol. The van der Waals surface area contributed by atoms with Crippen molar-refractivity contribution < 1.29 is 14.4 Å². The van der Waals surface area contributed by atoms with Crippen LogP contribution in [0.25, 0.3) is 10.9 Å². The minimum absolute atomic E-state index is 0.000955. The molecule has 3 amide bonds. The lowest BCUT2D eigenvalue weighted by atomic mass is 9.95. The molecule has 2 aromatic heterocycles. The van der Waals surface area contributed by atoms with Gasteiger partial charge >= 0.3 is 0 Å². The van der Waals surface area contributed by atoms with Crippen LogP contribution >= 0.6 is 11.3 Å². The number of amides is 3. The molecule has 0 saturated heterocycles. The van der Waals surface area contributed by atoms with Gasteiger partial charge in [0.15, 0.2) is 0 Å². The first-order valence-electron chi connectivity index (χ1n) is 11.5. The van der Waals surface area contributed by atoms with Gasteiger partial charge in [0.05, 0.1) is 23.1 Å². The van der Waals surface area contributed by atoms with E-state index in [1.807, 2.05) is 6.07 Å². The summed E-state index contributed by atoms with van der Waals surface area (Å²) in [6, 6.07) is 7.46. The Kier molecular flexibility index (Phi) is 6.13. The molecule has 1 aliphatic heterocycles. The molecule has 0 atom stereocenters. The number of thiophene rings is 1. The van der Waals surface area contributed by atoms with E-state index >= 15 is 0 Å². The first-order chi connectivity index (χ1) is 16.1. The Morgan fingerprint density at radius 1 is 1.12 bits per heavy atom. The summed E-state index contributed by atoms with van der Waals surface area (Å²) in [5.74, 6) is -0.417. The second-order valence-electron chi connectivity index (χ2n) is 8.79. The predicted octanol–water partition coefficient (Wildman–Crippen LogP) is 3.00. The summed E-state index contributed by atoms with van der Waals surface area (Å²) in [4.78, 5) is 41.6. The fourth-order valence-corrected chi connectivity index (χ4v) is 5.68. The molecular weight excluding hydrogens is 438 g/mol. The van der Waals surface area contributed by atoms with Crippen molar-refractivity contribution in [2.45, 2.75) is 51.1 Å². The number of hydrogen-bond acceptors (Lipinski definition) is 5. The van der Waals surface area contributed by atoms with Gasteiger partial charge in [-0.25, -0.2) is 0 Å². The zero-order valence-corrected chi connectivity index (χ0v) is 19.2. The predicted molar refractivity (Wildman–Crippen MR) is 126 cm³/mol.